The molecule has 0 saturated heterocycles. The van der Waals surface area contributed by atoms with E-state index in [1.165, 1.54) is 51.8 Å². The number of ether oxygens (including phenoxy) is 1. The predicted molar refractivity (Wildman–Crippen MR) is 133 cm³/mol. The third-order valence-corrected chi connectivity index (χ3v) is 20.4. The molecule has 0 aromatic heterocycles. The molecule has 1 aromatic carbocycles. The Morgan fingerprint density at radius 1 is 1.00 bits per heavy atom. The van der Waals surface area contributed by atoms with E-state index in [1.807, 2.05) is 31.2 Å². The molecule has 0 heterocycles. The van der Waals surface area contributed by atoms with Crippen LogP contribution in [0, 0.1) is 0 Å². The van der Waals surface area contributed by atoms with Gasteiger partial charge in [0.15, 0.2) is 0 Å². The van der Waals surface area contributed by atoms with Gasteiger partial charge in [-0.1, -0.05) is 0 Å². The number of carbonyl (C=O) groups is 1. The maximum absolute atomic E-state index is 12.6. The Balaban J connectivity index is 3.08. The maximum atomic E-state index is 12.6. The topological polar surface area (TPSA) is 29.5 Å². The second kappa shape index (κ2) is 15.3. The summed E-state index contributed by atoms with van der Waals surface area (Å²) in [6.45, 7) is 9.72. The van der Waals surface area contributed by atoms with E-state index in [0.29, 0.717) is 13.2 Å². The summed E-state index contributed by atoms with van der Waals surface area (Å²) in [7, 11) is 0. The van der Waals surface area contributed by atoms with E-state index in [4.69, 9.17) is 4.74 Å². The average molecular weight is 573 g/mol. The summed E-state index contributed by atoms with van der Waals surface area (Å²) in [5.41, 5.74) is 0.868. The summed E-state index contributed by atoms with van der Waals surface area (Å²) in [6, 6.07) is 7.87. The van der Waals surface area contributed by atoms with Gasteiger partial charge in [0.05, 0.1) is 0 Å². The molecule has 1 rings (SSSR count). The summed E-state index contributed by atoms with van der Waals surface area (Å²) in [5.74, 6) is 0. The molecule has 0 saturated carbocycles. The van der Waals surface area contributed by atoms with Gasteiger partial charge in [-0.25, -0.2) is 0 Å². The van der Waals surface area contributed by atoms with Gasteiger partial charge in [-0.2, -0.15) is 0 Å². The molecule has 164 valence electrons. The molecule has 0 unspecified atom stereocenters. The first kappa shape index (κ1) is 26.5. The Morgan fingerprint density at radius 3 is 2.03 bits per heavy atom. The number of carbonyl (C=O) groups excluding carboxylic acids is 1. The zero-order valence-corrected chi connectivity index (χ0v) is 23.3. The number of hydrogen-bond acceptors (Lipinski definition) is 2. The quantitative estimate of drug-likeness (QED) is 0.210. The van der Waals surface area contributed by atoms with Crippen LogP contribution >= 0.6 is 15.9 Å². The number of rotatable bonds is 14. The Labute approximate surface area is 191 Å². The number of benzene rings is 1. The Hall–Kier alpha value is -0.491. The van der Waals surface area contributed by atoms with Crippen LogP contribution in [0.25, 0.3) is 0 Å². The van der Waals surface area contributed by atoms with Crippen molar-refractivity contribution in [2.75, 3.05) is 18.1 Å². The minimum absolute atomic E-state index is 0.277. The molecule has 0 fully saturated rings. The van der Waals surface area contributed by atoms with Gasteiger partial charge in [-0.3, -0.25) is 0 Å². The molecule has 0 bridgehead atoms. The van der Waals surface area contributed by atoms with Crippen molar-refractivity contribution in [3.8, 4) is 0 Å². The van der Waals surface area contributed by atoms with E-state index >= 15 is 0 Å². The van der Waals surface area contributed by atoms with E-state index in [9.17, 15) is 4.79 Å². The fraction of sp³-hybridized carbons (Fsp3) is 0.625. The van der Waals surface area contributed by atoms with Crippen LogP contribution in [-0.2, 0) is 4.74 Å². The number of para-hydroxylation sites is 1. The van der Waals surface area contributed by atoms with Crippen molar-refractivity contribution in [1.29, 1.82) is 0 Å². The van der Waals surface area contributed by atoms with Gasteiger partial charge in [0.1, 0.15) is 0 Å². The predicted octanol–water partition coefficient (Wildman–Crippen LogP) is 8.36. The summed E-state index contributed by atoms with van der Waals surface area (Å²) in [4.78, 5) is 14.4. The molecule has 0 N–H and O–H groups in total. The summed E-state index contributed by atoms with van der Waals surface area (Å²) in [5, 5.41) is 0. The molecule has 0 aliphatic rings. The standard InChI is InChI=1S/C12H13BrNO2.3C4H9.Sn/c1-3-9-14(12(15)16-4-2)11-8-6-5-7-10(11)13;3*1-3-4-2;/h1,3,5-8H,4,9H2,2H3;3*1,3-4H2,2H3;. The molecule has 29 heavy (non-hydrogen) atoms. The number of nitrogens with zero attached hydrogens (tertiary/aromatic N) is 1. The van der Waals surface area contributed by atoms with Gasteiger partial charge in [0.2, 0.25) is 0 Å². The van der Waals surface area contributed by atoms with Crippen molar-refractivity contribution >= 4 is 46.1 Å². The van der Waals surface area contributed by atoms with Gasteiger partial charge < -0.3 is 0 Å². The molecular weight excluding hydrogens is 533 g/mol. The van der Waals surface area contributed by atoms with Gasteiger partial charge in [0.25, 0.3) is 0 Å². The third-order valence-electron chi connectivity index (χ3n) is 5.48. The summed E-state index contributed by atoms with van der Waals surface area (Å²) >= 11 is 1.25. The number of halogens is 1. The van der Waals surface area contributed by atoms with Crippen molar-refractivity contribution in [2.24, 2.45) is 0 Å². The van der Waals surface area contributed by atoms with Gasteiger partial charge in [-0.05, 0) is 0 Å². The van der Waals surface area contributed by atoms with Crippen LogP contribution in [-0.4, -0.2) is 37.6 Å². The molecule has 1 amide bonds. The molecule has 5 heteroatoms. The molecule has 1 aromatic rings. The van der Waals surface area contributed by atoms with Crippen LogP contribution in [0.4, 0.5) is 10.5 Å². The van der Waals surface area contributed by atoms with E-state index in [0.717, 1.165) is 10.2 Å². The van der Waals surface area contributed by atoms with Crippen molar-refractivity contribution in [1.82, 2.24) is 0 Å². The molecular formula is C24H40BrNO2Sn. The van der Waals surface area contributed by atoms with E-state index < -0.39 is 18.4 Å². The molecule has 0 aliphatic carbocycles. The second-order valence-electron chi connectivity index (χ2n) is 7.84. The van der Waals surface area contributed by atoms with Gasteiger partial charge in [0, 0.05) is 0 Å². The van der Waals surface area contributed by atoms with Crippen LogP contribution in [0.2, 0.25) is 13.3 Å². The molecule has 3 nitrogen and oxygen atoms in total. The summed E-state index contributed by atoms with van der Waals surface area (Å²) < 4.78 is 13.2. The Bertz CT molecular complexity index is 599. The zero-order valence-electron chi connectivity index (χ0n) is 18.9. The van der Waals surface area contributed by atoms with Crippen LogP contribution in [0.1, 0.15) is 66.2 Å². The number of hydrogen-bond donors (Lipinski definition) is 0. The van der Waals surface area contributed by atoms with Crippen molar-refractivity contribution in [2.45, 2.75) is 79.5 Å². The molecule has 0 atom stereocenters. The Morgan fingerprint density at radius 2 is 1.55 bits per heavy atom. The molecule has 0 radical (unpaired) electrons. The Kier molecular flexibility index (Phi) is 14.0. The normalized spacial score (nSPS) is 11.8. The second-order valence-corrected chi connectivity index (χ2v) is 21.7. The first-order chi connectivity index (χ1) is 14.0. The van der Waals surface area contributed by atoms with Gasteiger partial charge >= 0.3 is 192 Å². The average Bonchev–Trinajstić information content (AvgIpc) is 2.73. The SMILES string of the molecule is CCC[CH2][Sn](/[CH]=C/CN(C(=O)OCC)c1ccccc1Br)([CH2]CCC)[CH2]CCC. The number of anilines is 1. The minimum atomic E-state index is -2.34. The molecule has 0 aliphatic heterocycles. The fourth-order valence-electron chi connectivity index (χ4n) is 3.76. The van der Waals surface area contributed by atoms with Crippen LogP contribution in [0.5, 0.6) is 0 Å². The first-order valence-corrected chi connectivity index (χ1v) is 19.9. The van der Waals surface area contributed by atoms with Crippen molar-refractivity contribution in [3.05, 3.63) is 38.9 Å². The third kappa shape index (κ3) is 9.46. The monoisotopic (exact) mass is 573 g/mol. The van der Waals surface area contributed by atoms with Crippen LogP contribution in [0.15, 0.2) is 38.9 Å². The van der Waals surface area contributed by atoms with Crippen molar-refractivity contribution < 1.29 is 9.53 Å². The van der Waals surface area contributed by atoms with Crippen molar-refractivity contribution in [3.63, 3.8) is 0 Å². The number of unbranched alkanes of at least 4 members (excludes halogenated alkanes) is 3. The summed E-state index contributed by atoms with van der Waals surface area (Å²) in [6.07, 6.45) is 9.87. The first-order valence-electron chi connectivity index (χ1n) is 11.4. The number of amides is 1. The van der Waals surface area contributed by atoms with E-state index in [2.05, 4.69) is 46.9 Å². The fourth-order valence-corrected chi connectivity index (χ4v) is 18.6. The van der Waals surface area contributed by atoms with E-state index in [1.54, 1.807) is 4.90 Å². The van der Waals surface area contributed by atoms with Crippen LogP contribution < -0.4 is 4.90 Å². The van der Waals surface area contributed by atoms with Crippen LogP contribution in [0.3, 0.4) is 0 Å². The zero-order chi connectivity index (χ0) is 21.5. The van der Waals surface area contributed by atoms with Gasteiger partial charge in [-0.15, -0.1) is 0 Å². The van der Waals surface area contributed by atoms with E-state index in [-0.39, 0.29) is 6.09 Å². The molecule has 0 spiro atoms.